The van der Waals surface area contributed by atoms with Gasteiger partial charge in [-0.25, -0.2) is 0 Å². The smallest absolute Gasteiger partial charge is 0.399 e. The summed E-state index contributed by atoms with van der Waals surface area (Å²) in [5.41, 5.74) is 3.31. The first kappa shape index (κ1) is 26.5. The van der Waals surface area contributed by atoms with Crippen LogP contribution >= 0.6 is 0 Å². The first-order valence-corrected chi connectivity index (χ1v) is 13.1. The molecule has 2 heterocycles. The van der Waals surface area contributed by atoms with Crippen LogP contribution in [-0.2, 0) is 24.0 Å². The van der Waals surface area contributed by atoms with Gasteiger partial charge in [0.25, 0.3) is 0 Å². The van der Waals surface area contributed by atoms with E-state index >= 15 is 0 Å². The Labute approximate surface area is 213 Å². The fourth-order valence-electron chi connectivity index (χ4n) is 5.11. The van der Waals surface area contributed by atoms with Crippen molar-refractivity contribution in [1.82, 2.24) is 0 Å². The van der Waals surface area contributed by atoms with Crippen molar-refractivity contribution in [3.63, 3.8) is 0 Å². The van der Waals surface area contributed by atoms with E-state index in [1.807, 2.05) is 0 Å². The second-order valence-corrected chi connectivity index (χ2v) is 12.2. The normalized spacial score (nSPS) is 22.6. The molecule has 2 saturated heterocycles. The summed E-state index contributed by atoms with van der Waals surface area (Å²) in [6, 6.07) is 17.6. The summed E-state index contributed by atoms with van der Waals surface area (Å²) in [4.78, 5) is 0. The van der Waals surface area contributed by atoms with Crippen molar-refractivity contribution in [1.29, 1.82) is 0 Å². The van der Waals surface area contributed by atoms with E-state index in [2.05, 4.69) is 118 Å². The zero-order valence-electron chi connectivity index (χ0n) is 23.3. The molecule has 2 aliphatic rings. The Morgan fingerprint density at radius 2 is 0.771 bits per heavy atom. The minimum Gasteiger partial charge on any atom is -0.399 e. The van der Waals surface area contributed by atoms with Crippen molar-refractivity contribution in [2.75, 3.05) is 0 Å². The number of hydrogen-bond acceptors (Lipinski definition) is 4. The summed E-state index contributed by atoms with van der Waals surface area (Å²) in [7, 11) is -0.684. The third-order valence-corrected chi connectivity index (χ3v) is 9.18. The van der Waals surface area contributed by atoms with Gasteiger partial charge in [0.05, 0.1) is 22.4 Å². The molecule has 2 aliphatic heterocycles. The standard InChI is InChI=1S/C29H42B2O4/c1-11-29(12-2,21-13-17-23(18-14-21)30-32-25(3,4)26(5,6)33-30)22-15-19-24(20-16-22)31-34-27(7,8)28(9,10)35-31/h13-20H,11-12H2,1-10H3. The molecule has 0 saturated carbocycles. The summed E-state index contributed by atoms with van der Waals surface area (Å²) in [5.74, 6) is 0. The maximum atomic E-state index is 6.26. The molecular formula is C29H42B2O4. The Kier molecular flexibility index (Phi) is 6.63. The minimum absolute atomic E-state index is 0.0665. The van der Waals surface area contributed by atoms with Gasteiger partial charge in [0.2, 0.25) is 0 Å². The molecular weight excluding hydrogens is 434 g/mol. The van der Waals surface area contributed by atoms with E-state index in [0.29, 0.717) is 0 Å². The first-order valence-electron chi connectivity index (χ1n) is 13.1. The molecule has 0 atom stereocenters. The number of rotatable bonds is 6. The van der Waals surface area contributed by atoms with Gasteiger partial charge in [-0.3, -0.25) is 0 Å². The van der Waals surface area contributed by atoms with Crippen LogP contribution in [0.1, 0.15) is 93.2 Å². The molecule has 0 aliphatic carbocycles. The molecule has 188 valence electrons. The van der Waals surface area contributed by atoms with Gasteiger partial charge >= 0.3 is 14.2 Å². The molecule has 2 aromatic rings. The van der Waals surface area contributed by atoms with Crippen molar-refractivity contribution in [2.24, 2.45) is 0 Å². The SMILES string of the molecule is CCC(CC)(c1ccc(B2OC(C)(C)C(C)(C)O2)cc1)c1ccc(B2OC(C)(C)C(C)(C)O2)cc1. The zero-order chi connectivity index (χ0) is 25.9. The van der Waals surface area contributed by atoms with Gasteiger partial charge < -0.3 is 18.6 Å². The molecule has 0 radical (unpaired) electrons. The highest BCUT2D eigenvalue weighted by molar-refractivity contribution is 6.62. The predicted octanol–water partition coefficient (Wildman–Crippen LogP) is 5.39. The second kappa shape index (κ2) is 8.76. The van der Waals surface area contributed by atoms with Crippen LogP contribution in [0.4, 0.5) is 0 Å². The second-order valence-electron chi connectivity index (χ2n) is 12.2. The molecule has 0 amide bonds. The lowest BCUT2D eigenvalue weighted by atomic mass is 9.68. The Morgan fingerprint density at radius 3 is 1.00 bits per heavy atom. The zero-order valence-corrected chi connectivity index (χ0v) is 23.3. The molecule has 4 nitrogen and oxygen atoms in total. The largest absolute Gasteiger partial charge is 0.494 e. The fraction of sp³-hybridized carbons (Fsp3) is 0.586. The van der Waals surface area contributed by atoms with Crippen molar-refractivity contribution in [3.8, 4) is 0 Å². The highest BCUT2D eigenvalue weighted by Crippen LogP contribution is 2.40. The van der Waals surface area contributed by atoms with E-state index in [1.54, 1.807) is 0 Å². The van der Waals surface area contributed by atoms with Crippen molar-refractivity contribution in [3.05, 3.63) is 59.7 Å². The Balaban J connectivity index is 1.58. The molecule has 0 unspecified atom stereocenters. The summed E-state index contributed by atoms with van der Waals surface area (Å²) >= 11 is 0. The van der Waals surface area contributed by atoms with Crippen molar-refractivity contribution >= 4 is 25.2 Å². The summed E-state index contributed by atoms with van der Waals surface area (Å²) in [5, 5.41) is 0. The molecule has 35 heavy (non-hydrogen) atoms. The van der Waals surface area contributed by atoms with Gasteiger partial charge in [-0.15, -0.1) is 0 Å². The third kappa shape index (κ3) is 4.41. The third-order valence-electron chi connectivity index (χ3n) is 9.18. The lowest BCUT2D eigenvalue weighted by molar-refractivity contribution is 0.00578. The predicted molar refractivity (Wildman–Crippen MR) is 146 cm³/mol. The maximum absolute atomic E-state index is 6.26. The number of hydrogen-bond donors (Lipinski definition) is 0. The fourth-order valence-corrected chi connectivity index (χ4v) is 5.11. The van der Waals surface area contributed by atoms with Gasteiger partial charge in [0.1, 0.15) is 0 Å². The molecule has 6 heteroatoms. The molecule has 2 fully saturated rings. The molecule has 0 N–H and O–H groups in total. The van der Waals surface area contributed by atoms with E-state index in [-0.39, 0.29) is 42.1 Å². The average molecular weight is 476 g/mol. The van der Waals surface area contributed by atoms with Crippen LogP contribution in [0.3, 0.4) is 0 Å². The monoisotopic (exact) mass is 476 g/mol. The van der Waals surface area contributed by atoms with Crippen molar-refractivity contribution in [2.45, 2.75) is 110 Å². The average Bonchev–Trinajstić information content (AvgIpc) is 3.15. The van der Waals surface area contributed by atoms with Gasteiger partial charge in [-0.1, -0.05) is 62.4 Å². The van der Waals surface area contributed by atoms with Crippen molar-refractivity contribution < 1.29 is 18.6 Å². The summed E-state index contributed by atoms with van der Waals surface area (Å²) < 4.78 is 25.0. The maximum Gasteiger partial charge on any atom is 0.494 e. The van der Waals surface area contributed by atoms with E-state index in [0.717, 1.165) is 23.8 Å². The van der Waals surface area contributed by atoms with E-state index in [1.165, 1.54) is 11.1 Å². The minimum atomic E-state index is -0.342. The van der Waals surface area contributed by atoms with Crippen LogP contribution in [0.5, 0.6) is 0 Å². The molecule has 4 rings (SSSR count). The molecule has 0 aromatic heterocycles. The van der Waals surface area contributed by atoms with Gasteiger partial charge in [-0.2, -0.15) is 0 Å². The van der Waals surface area contributed by atoms with E-state index < -0.39 is 0 Å². The van der Waals surface area contributed by atoms with Crippen LogP contribution in [0.15, 0.2) is 48.5 Å². The van der Waals surface area contributed by atoms with Crippen LogP contribution in [-0.4, -0.2) is 36.6 Å². The Bertz CT molecular complexity index is 924. The topological polar surface area (TPSA) is 36.9 Å². The highest BCUT2D eigenvalue weighted by atomic mass is 16.7. The Hall–Kier alpha value is -1.59. The van der Waals surface area contributed by atoms with Gasteiger partial charge in [-0.05, 0) is 90.3 Å². The molecule has 2 aromatic carbocycles. The molecule has 0 spiro atoms. The quantitative estimate of drug-likeness (QED) is 0.524. The Morgan fingerprint density at radius 1 is 0.514 bits per heavy atom. The number of benzene rings is 2. The lowest BCUT2D eigenvalue weighted by Crippen LogP contribution is -2.41. The summed E-state index contributed by atoms with van der Waals surface area (Å²) in [6.45, 7) is 21.3. The van der Waals surface area contributed by atoms with Gasteiger partial charge in [0.15, 0.2) is 0 Å². The van der Waals surface area contributed by atoms with E-state index in [4.69, 9.17) is 18.6 Å². The van der Waals surface area contributed by atoms with E-state index in [9.17, 15) is 0 Å². The molecule has 0 bridgehead atoms. The van der Waals surface area contributed by atoms with Crippen LogP contribution < -0.4 is 10.9 Å². The van der Waals surface area contributed by atoms with Crippen LogP contribution in [0.2, 0.25) is 0 Å². The highest BCUT2D eigenvalue weighted by Gasteiger charge is 2.52. The van der Waals surface area contributed by atoms with Crippen LogP contribution in [0.25, 0.3) is 0 Å². The summed E-state index contributed by atoms with van der Waals surface area (Å²) in [6.07, 6.45) is 2.02. The van der Waals surface area contributed by atoms with Gasteiger partial charge in [0, 0.05) is 5.41 Å². The van der Waals surface area contributed by atoms with Crippen LogP contribution in [0, 0.1) is 0 Å². The first-order chi connectivity index (χ1) is 16.2. The lowest BCUT2D eigenvalue weighted by Gasteiger charge is -2.33.